The van der Waals surface area contributed by atoms with E-state index >= 15 is 0 Å². The Morgan fingerprint density at radius 2 is 1.50 bits per heavy atom. The van der Waals surface area contributed by atoms with Crippen LogP contribution in [0.2, 0.25) is 0 Å². The number of phenols is 2. The fourth-order valence-electron chi connectivity index (χ4n) is 4.44. The highest BCUT2D eigenvalue weighted by Gasteiger charge is 2.40. The Bertz CT molecular complexity index is 1320. The SMILES string of the molecule is COc1ccc(C2Oc3cc(C4Oc5cc(O)cc(O)c5C(=O)C4O)ccc3OC2CO)cc1OC. The fraction of sp³-hybridized carbons (Fsp3) is 0.269. The lowest BCUT2D eigenvalue weighted by Gasteiger charge is -2.35. The van der Waals surface area contributed by atoms with Gasteiger partial charge in [0.15, 0.2) is 47.4 Å². The number of ether oxygens (including phenoxy) is 5. The number of aliphatic hydroxyl groups excluding tert-OH is 2. The first-order valence-corrected chi connectivity index (χ1v) is 11.1. The Kier molecular flexibility index (Phi) is 5.99. The largest absolute Gasteiger partial charge is 0.508 e. The van der Waals surface area contributed by atoms with E-state index in [9.17, 15) is 25.2 Å². The average molecular weight is 496 g/mol. The molecule has 0 saturated carbocycles. The van der Waals surface area contributed by atoms with Crippen molar-refractivity contribution in [2.45, 2.75) is 24.4 Å². The minimum absolute atomic E-state index is 0.0498. The van der Waals surface area contributed by atoms with Crippen LogP contribution in [0.5, 0.6) is 40.2 Å². The Hall–Kier alpha value is -4.15. The minimum atomic E-state index is -1.61. The summed E-state index contributed by atoms with van der Waals surface area (Å²) in [6.07, 6.45) is -4.15. The van der Waals surface area contributed by atoms with Crippen molar-refractivity contribution in [3.8, 4) is 40.2 Å². The van der Waals surface area contributed by atoms with Crippen LogP contribution < -0.4 is 23.7 Å². The second-order valence-electron chi connectivity index (χ2n) is 8.38. The van der Waals surface area contributed by atoms with Gasteiger partial charge in [0, 0.05) is 17.7 Å². The molecule has 0 spiro atoms. The molecule has 188 valence electrons. The summed E-state index contributed by atoms with van der Waals surface area (Å²) in [6, 6.07) is 12.2. The number of methoxy groups -OCH3 is 2. The third kappa shape index (κ3) is 3.90. The highest BCUT2D eigenvalue weighted by atomic mass is 16.6. The van der Waals surface area contributed by atoms with Gasteiger partial charge >= 0.3 is 0 Å². The molecule has 2 aliphatic heterocycles. The van der Waals surface area contributed by atoms with E-state index in [1.807, 2.05) is 0 Å². The predicted molar refractivity (Wildman–Crippen MR) is 124 cm³/mol. The maximum atomic E-state index is 12.8. The molecule has 0 radical (unpaired) electrons. The number of Topliss-reactive ketones (excluding diaryl/α,β-unsaturated/α-hetero) is 1. The molecule has 0 saturated heterocycles. The highest BCUT2D eigenvalue weighted by Crippen LogP contribution is 2.45. The van der Waals surface area contributed by atoms with Gasteiger partial charge in [0.05, 0.1) is 20.8 Å². The van der Waals surface area contributed by atoms with Gasteiger partial charge in [-0.3, -0.25) is 4.79 Å². The minimum Gasteiger partial charge on any atom is -0.508 e. The number of phenolic OH excluding ortho intramolecular Hbond substituents is 2. The van der Waals surface area contributed by atoms with Crippen LogP contribution in [0.15, 0.2) is 48.5 Å². The predicted octanol–water partition coefficient (Wildman–Crippen LogP) is 2.67. The molecule has 0 aliphatic carbocycles. The van der Waals surface area contributed by atoms with Gasteiger partial charge < -0.3 is 44.1 Å². The smallest absolute Gasteiger partial charge is 0.202 e. The van der Waals surface area contributed by atoms with E-state index in [4.69, 9.17) is 23.7 Å². The van der Waals surface area contributed by atoms with Gasteiger partial charge in [0.1, 0.15) is 22.8 Å². The summed E-state index contributed by atoms with van der Waals surface area (Å²) < 4.78 is 28.7. The van der Waals surface area contributed by atoms with Crippen molar-refractivity contribution in [2.75, 3.05) is 20.8 Å². The van der Waals surface area contributed by atoms with Crippen molar-refractivity contribution in [2.24, 2.45) is 0 Å². The van der Waals surface area contributed by atoms with E-state index in [1.165, 1.54) is 20.3 Å². The van der Waals surface area contributed by atoms with E-state index < -0.39 is 35.9 Å². The van der Waals surface area contributed by atoms with E-state index in [0.29, 0.717) is 34.1 Å². The molecule has 10 heteroatoms. The number of fused-ring (bicyclic) bond motifs is 2. The van der Waals surface area contributed by atoms with Crippen molar-refractivity contribution in [3.63, 3.8) is 0 Å². The molecule has 0 fully saturated rings. The highest BCUT2D eigenvalue weighted by molar-refractivity contribution is 6.05. The van der Waals surface area contributed by atoms with Gasteiger partial charge in [-0.25, -0.2) is 0 Å². The van der Waals surface area contributed by atoms with Crippen molar-refractivity contribution >= 4 is 5.78 Å². The molecule has 2 heterocycles. The molecule has 4 N–H and O–H groups in total. The lowest BCUT2D eigenvalue weighted by molar-refractivity contribution is -0.0130. The molecule has 3 aromatic carbocycles. The summed E-state index contributed by atoms with van der Waals surface area (Å²) in [5, 5.41) is 40.5. The summed E-state index contributed by atoms with van der Waals surface area (Å²) in [5.41, 5.74) is 0.875. The quantitative estimate of drug-likeness (QED) is 0.416. The number of rotatable bonds is 5. The van der Waals surface area contributed by atoms with Crippen LogP contribution in [0.4, 0.5) is 0 Å². The topological polar surface area (TPSA) is 144 Å². The Morgan fingerprint density at radius 1 is 0.806 bits per heavy atom. The number of carbonyl (C=O) groups excluding carboxylic acids is 1. The molecule has 3 aromatic rings. The second-order valence-corrected chi connectivity index (χ2v) is 8.38. The van der Waals surface area contributed by atoms with Crippen LogP contribution in [0, 0.1) is 0 Å². The van der Waals surface area contributed by atoms with Crippen molar-refractivity contribution in [1.82, 2.24) is 0 Å². The summed E-state index contributed by atoms with van der Waals surface area (Å²) in [5.74, 6) is 0.130. The zero-order valence-corrected chi connectivity index (χ0v) is 19.4. The van der Waals surface area contributed by atoms with Gasteiger partial charge in [-0.05, 0) is 29.8 Å². The van der Waals surface area contributed by atoms with Crippen LogP contribution in [0.25, 0.3) is 0 Å². The molecule has 4 unspecified atom stereocenters. The Morgan fingerprint density at radius 3 is 2.22 bits per heavy atom. The average Bonchev–Trinajstić information content (AvgIpc) is 2.88. The van der Waals surface area contributed by atoms with Gasteiger partial charge in [-0.1, -0.05) is 12.1 Å². The normalized spacial score (nSPS) is 22.4. The van der Waals surface area contributed by atoms with Gasteiger partial charge in [0.25, 0.3) is 0 Å². The number of carbonyl (C=O) groups is 1. The van der Waals surface area contributed by atoms with E-state index in [1.54, 1.807) is 36.4 Å². The van der Waals surface area contributed by atoms with Crippen LogP contribution in [0.1, 0.15) is 33.7 Å². The number of hydrogen-bond donors (Lipinski definition) is 4. The van der Waals surface area contributed by atoms with Crippen LogP contribution in [0.3, 0.4) is 0 Å². The van der Waals surface area contributed by atoms with Gasteiger partial charge in [-0.2, -0.15) is 0 Å². The van der Waals surface area contributed by atoms with E-state index in [2.05, 4.69) is 0 Å². The van der Waals surface area contributed by atoms with E-state index in [0.717, 1.165) is 6.07 Å². The van der Waals surface area contributed by atoms with Crippen molar-refractivity contribution in [1.29, 1.82) is 0 Å². The fourth-order valence-corrected chi connectivity index (χ4v) is 4.44. The number of benzene rings is 3. The molecular formula is C26H24O10. The first kappa shape index (κ1) is 23.6. The summed E-state index contributed by atoms with van der Waals surface area (Å²) in [7, 11) is 3.04. The Balaban J connectivity index is 1.49. The van der Waals surface area contributed by atoms with Gasteiger partial charge in [-0.15, -0.1) is 0 Å². The molecule has 0 bridgehead atoms. The molecule has 2 aliphatic rings. The van der Waals surface area contributed by atoms with Crippen LogP contribution in [-0.2, 0) is 0 Å². The molecule has 36 heavy (non-hydrogen) atoms. The molecule has 4 atom stereocenters. The number of aliphatic hydroxyl groups is 2. The summed E-state index contributed by atoms with van der Waals surface area (Å²) in [4.78, 5) is 12.8. The van der Waals surface area contributed by atoms with Crippen molar-refractivity contribution in [3.05, 3.63) is 65.2 Å². The third-order valence-corrected chi connectivity index (χ3v) is 6.20. The monoisotopic (exact) mass is 496 g/mol. The van der Waals surface area contributed by atoms with Crippen LogP contribution in [-0.4, -0.2) is 59.2 Å². The molecule has 10 nitrogen and oxygen atoms in total. The lowest BCUT2D eigenvalue weighted by atomic mass is 9.92. The lowest BCUT2D eigenvalue weighted by Crippen LogP contribution is -2.37. The Labute approximate surface area is 205 Å². The first-order valence-electron chi connectivity index (χ1n) is 11.1. The number of aromatic hydroxyl groups is 2. The maximum Gasteiger partial charge on any atom is 0.202 e. The summed E-state index contributed by atoms with van der Waals surface area (Å²) in [6.45, 7) is -0.317. The van der Waals surface area contributed by atoms with E-state index in [-0.39, 0.29) is 23.7 Å². The molecule has 0 amide bonds. The first-order chi connectivity index (χ1) is 17.3. The zero-order chi connectivity index (χ0) is 25.6. The summed E-state index contributed by atoms with van der Waals surface area (Å²) >= 11 is 0. The molecule has 0 aromatic heterocycles. The van der Waals surface area contributed by atoms with Gasteiger partial charge in [0.2, 0.25) is 5.78 Å². The second kappa shape index (κ2) is 9.14. The number of hydrogen-bond acceptors (Lipinski definition) is 10. The molecular weight excluding hydrogens is 472 g/mol. The number of ketones is 1. The van der Waals surface area contributed by atoms with Crippen LogP contribution >= 0.6 is 0 Å². The standard InChI is InChI=1S/C26H24O10/c1-32-16-5-3-12(7-18(16)33-2)25-21(11-27)34-17-6-4-13(8-19(17)35-25)26-24(31)23(30)22-15(29)9-14(28)10-20(22)36-26/h3-10,21,24-29,31H,11H2,1-2H3. The molecule has 5 rings (SSSR count). The maximum absolute atomic E-state index is 12.8. The van der Waals surface area contributed by atoms with Crippen molar-refractivity contribution < 1.29 is 48.9 Å². The zero-order valence-electron chi connectivity index (χ0n) is 19.4. The third-order valence-electron chi connectivity index (χ3n) is 6.20.